The molecule has 0 nitrogen and oxygen atoms in total. The van der Waals surface area contributed by atoms with Gasteiger partial charge in [0, 0.05) is 0 Å². The molecule has 0 saturated heterocycles. The van der Waals surface area contributed by atoms with Gasteiger partial charge in [0.1, 0.15) is 0 Å². The van der Waals surface area contributed by atoms with Crippen molar-refractivity contribution in [2.24, 2.45) is 0 Å². The summed E-state index contributed by atoms with van der Waals surface area (Å²) >= 11 is 0. The van der Waals surface area contributed by atoms with E-state index in [2.05, 4.69) is 0 Å². The van der Waals surface area contributed by atoms with Crippen molar-refractivity contribution in [1.82, 2.24) is 0 Å². The molecule has 99 valence electrons. The first kappa shape index (κ1) is 144. The second-order valence-electron chi connectivity index (χ2n) is 0. The van der Waals surface area contributed by atoms with Crippen LogP contribution in [-0.2, 0) is 148 Å². The van der Waals surface area contributed by atoms with E-state index in [0.29, 0.717) is 0 Å². The molecule has 9 radical (unpaired) electrons. The first-order valence-corrected chi connectivity index (χ1v) is 0. The molecule has 0 rings (SSSR count). The summed E-state index contributed by atoms with van der Waals surface area (Å²) in [6.45, 7) is 0. The molecule has 0 bridgehead atoms. The molecule has 0 aliphatic rings. The van der Waals surface area contributed by atoms with Gasteiger partial charge in [-0.05, 0) is 0 Å². The van der Waals surface area contributed by atoms with Crippen LogP contribution < -0.4 is 0 Å². The van der Waals surface area contributed by atoms with E-state index in [1.165, 1.54) is 0 Å². The smallest absolute Gasteiger partial charge is 1.00 e. The summed E-state index contributed by atoms with van der Waals surface area (Å²) in [5.41, 5.74) is 0. The SMILES string of the molecule is [Al+3].[Al+3].[Al+3].[Ni-].[Ni-].[Ni-].[Ni-].[Ni-].[Ni-].[Ni-].[Ni-].[Ni-]. The molecule has 0 fully saturated rings. The van der Waals surface area contributed by atoms with Crippen LogP contribution >= 0.6 is 0 Å². The van der Waals surface area contributed by atoms with Gasteiger partial charge in [-0.15, -0.1) is 0 Å². The first-order chi connectivity index (χ1) is 0. The molecule has 0 spiro atoms. The van der Waals surface area contributed by atoms with Crippen LogP contribution in [0, 0.1) is 0 Å². The number of hydrogen-bond donors (Lipinski definition) is 0. The van der Waals surface area contributed by atoms with E-state index in [0.717, 1.165) is 0 Å². The van der Waals surface area contributed by atoms with Crippen molar-refractivity contribution in [3.8, 4) is 0 Å². The van der Waals surface area contributed by atoms with Crippen molar-refractivity contribution in [3.63, 3.8) is 0 Å². The van der Waals surface area contributed by atoms with E-state index in [4.69, 9.17) is 0 Å². The Balaban J connectivity index is 0. The molecule has 0 unspecified atom stereocenters. The van der Waals surface area contributed by atoms with E-state index in [1.807, 2.05) is 0 Å². The maximum Gasteiger partial charge on any atom is 3.00 e. The molecule has 0 heterocycles. The van der Waals surface area contributed by atoms with Gasteiger partial charge in [-0.3, -0.25) is 0 Å². The third-order valence-electron chi connectivity index (χ3n) is 0. The molecule has 0 atom stereocenters. The minimum atomic E-state index is 0. The van der Waals surface area contributed by atoms with Crippen LogP contribution in [0.4, 0.5) is 0 Å². The summed E-state index contributed by atoms with van der Waals surface area (Å²) in [6.07, 6.45) is 0. The molecule has 0 aromatic heterocycles. The summed E-state index contributed by atoms with van der Waals surface area (Å²) in [4.78, 5) is 0. The van der Waals surface area contributed by atoms with Crippen molar-refractivity contribution < 1.29 is 148 Å². The fraction of sp³-hybridized carbons (Fsp3) is 0. The second-order valence-corrected chi connectivity index (χ2v) is 0. The molecule has 0 saturated carbocycles. The molecule has 0 amide bonds. The monoisotopic (exact) mass is 602 g/mol. The zero-order chi connectivity index (χ0) is 0. The molecule has 12 heavy (non-hydrogen) atoms. The second kappa shape index (κ2) is 120. The third-order valence-corrected chi connectivity index (χ3v) is 0. The van der Waals surface area contributed by atoms with Gasteiger partial charge in [-0.2, -0.15) is 0 Å². The fourth-order valence-corrected chi connectivity index (χ4v) is 0. The van der Waals surface area contributed by atoms with Crippen LogP contribution in [0.5, 0.6) is 0 Å². The zero-order valence-electron chi connectivity index (χ0n) is 4.58. The molecular weight excluding hydrogens is 609 g/mol. The van der Waals surface area contributed by atoms with Gasteiger partial charge in [0.15, 0.2) is 0 Å². The van der Waals surface area contributed by atoms with Crippen LogP contribution in [0.2, 0.25) is 0 Å². The molecular formula is Al3Ni9. The van der Waals surface area contributed by atoms with Crippen molar-refractivity contribution in [1.29, 1.82) is 0 Å². The molecule has 12 heteroatoms. The van der Waals surface area contributed by atoms with Crippen molar-refractivity contribution in [2.45, 2.75) is 0 Å². The van der Waals surface area contributed by atoms with Gasteiger partial charge in [0.05, 0.1) is 0 Å². The minimum absolute atomic E-state index is 0. The maximum absolute atomic E-state index is 0. The Kier molecular flexibility index (Phi) is 1440. The number of rotatable bonds is 0. The third kappa shape index (κ3) is 99.5. The van der Waals surface area contributed by atoms with Gasteiger partial charge in [-0.25, -0.2) is 0 Å². The van der Waals surface area contributed by atoms with Gasteiger partial charge in [0.25, 0.3) is 0 Å². The predicted octanol–water partition coefficient (Wildman–Crippen LogP) is -1.16. The van der Waals surface area contributed by atoms with E-state index < -0.39 is 0 Å². The van der Waals surface area contributed by atoms with Crippen molar-refractivity contribution in [3.05, 3.63) is 0 Å². The van der Waals surface area contributed by atoms with Crippen molar-refractivity contribution >= 4 is 52.1 Å². The Morgan fingerprint density at radius 2 is 0.167 bits per heavy atom. The Hall–Kier alpha value is 6.04. The molecule has 0 aromatic carbocycles. The van der Waals surface area contributed by atoms with Crippen molar-refractivity contribution in [2.75, 3.05) is 0 Å². The summed E-state index contributed by atoms with van der Waals surface area (Å²) in [5, 5.41) is 0. The van der Waals surface area contributed by atoms with Crippen LogP contribution in [0.1, 0.15) is 0 Å². The van der Waals surface area contributed by atoms with Gasteiger partial charge in [0.2, 0.25) is 0 Å². The van der Waals surface area contributed by atoms with Gasteiger partial charge in [-0.1, -0.05) is 0 Å². The Labute approximate surface area is 196 Å². The predicted molar refractivity (Wildman–Crippen MR) is 17.3 cm³/mol. The molecule has 0 N–H and O–H groups in total. The zero-order valence-corrected chi connectivity index (χ0v) is 16.9. The van der Waals surface area contributed by atoms with Crippen LogP contribution in [-0.4, -0.2) is 52.1 Å². The normalized spacial score (nSPS) is 0. The molecule has 0 aliphatic carbocycles. The Morgan fingerprint density at radius 3 is 0.167 bits per heavy atom. The fourth-order valence-electron chi connectivity index (χ4n) is 0. The summed E-state index contributed by atoms with van der Waals surface area (Å²) in [6, 6.07) is 0. The van der Waals surface area contributed by atoms with Gasteiger partial charge < -0.3 is 148 Å². The van der Waals surface area contributed by atoms with Crippen LogP contribution in [0.15, 0.2) is 0 Å². The van der Waals surface area contributed by atoms with E-state index >= 15 is 0 Å². The first-order valence-electron chi connectivity index (χ1n) is 0. The quantitative estimate of drug-likeness (QED) is 0.305. The topological polar surface area (TPSA) is 0 Å². The maximum atomic E-state index is 0. The molecule has 0 aromatic rings. The number of hydrogen-bond acceptors (Lipinski definition) is 0. The Morgan fingerprint density at radius 1 is 0.167 bits per heavy atom. The average Bonchev–Trinajstić information content (AvgIpc) is 0. The minimum Gasteiger partial charge on any atom is -1.00 e. The standard InChI is InChI=1S/3Al.9Ni/q3*+3;9*-1. The molecule has 0 aliphatic heterocycles. The largest absolute Gasteiger partial charge is 3.00 e. The van der Waals surface area contributed by atoms with E-state index in [-0.39, 0.29) is 201 Å². The van der Waals surface area contributed by atoms with Gasteiger partial charge >= 0.3 is 52.1 Å². The van der Waals surface area contributed by atoms with E-state index in [1.54, 1.807) is 0 Å². The van der Waals surface area contributed by atoms with Crippen LogP contribution in [0.25, 0.3) is 0 Å². The average molecular weight is 609 g/mol. The summed E-state index contributed by atoms with van der Waals surface area (Å²) in [7, 11) is 0. The Bertz CT molecular complexity index is 9.74. The van der Waals surface area contributed by atoms with Crippen LogP contribution in [0.3, 0.4) is 0 Å². The summed E-state index contributed by atoms with van der Waals surface area (Å²) in [5.74, 6) is 0. The van der Waals surface area contributed by atoms with E-state index in [9.17, 15) is 0 Å². The summed E-state index contributed by atoms with van der Waals surface area (Å²) < 4.78 is 0.